The summed E-state index contributed by atoms with van der Waals surface area (Å²) in [4.78, 5) is 1.24. The van der Waals surface area contributed by atoms with Crippen molar-refractivity contribution in [1.29, 1.82) is 0 Å². The standard InChI is InChI=1S/C15H20OS/c1-3-10-15(16,11-4-2)12-13-17-14-8-6-5-7-9-14/h3-9,16H,1-2,10-13H2. The molecule has 17 heavy (non-hydrogen) atoms. The van der Waals surface area contributed by atoms with Crippen LogP contribution in [-0.2, 0) is 0 Å². The second-order valence-electron chi connectivity index (χ2n) is 4.12. The summed E-state index contributed by atoms with van der Waals surface area (Å²) in [5.74, 6) is 0.905. The average Bonchev–Trinajstić information content (AvgIpc) is 2.31. The molecule has 2 heteroatoms. The molecule has 0 radical (unpaired) electrons. The third-order valence-electron chi connectivity index (χ3n) is 2.63. The highest BCUT2D eigenvalue weighted by molar-refractivity contribution is 7.99. The Kier molecular flexibility index (Phi) is 6.09. The molecule has 0 aliphatic carbocycles. The zero-order valence-corrected chi connectivity index (χ0v) is 11.0. The fourth-order valence-corrected chi connectivity index (χ4v) is 2.77. The number of rotatable bonds is 8. The highest BCUT2D eigenvalue weighted by Gasteiger charge is 2.22. The minimum atomic E-state index is -0.675. The second kappa shape index (κ2) is 7.36. The third kappa shape index (κ3) is 5.24. The first-order valence-electron chi connectivity index (χ1n) is 5.82. The first kappa shape index (κ1) is 14.1. The van der Waals surface area contributed by atoms with Crippen molar-refractivity contribution in [3.05, 3.63) is 55.6 Å². The van der Waals surface area contributed by atoms with Crippen molar-refractivity contribution in [2.45, 2.75) is 29.8 Å². The fourth-order valence-electron chi connectivity index (χ4n) is 1.70. The van der Waals surface area contributed by atoms with E-state index in [0.717, 1.165) is 12.2 Å². The molecule has 1 aromatic rings. The Bertz CT molecular complexity index is 335. The molecule has 1 nitrogen and oxygen atoms in total. The van der Waals surface area contributed by atoms with Crippen LogP contribution in [0.2, 0.25) is 0 Å². The Morgan fingerprint density at radius 2 is 1.71 bits per heavy atom. The molecule has 0 fully saturated rings. The van der Waals surface area contributed by atoms with Gasteiger partial charge in [0.05, 0.1) is 5.60 Å². The summed E-state index contributed by atoms with van der Waals surface area (Å²) in [6.07, 6.45) is 5.54. The van der Waals surface area contributed by atoms with Gasteiger partial charge in [0.2, 0.25) is 0 Å². The Hall–Kier alpha value is -0.990. The predicted octanol–water partition coefficient (Wildman–Crippen LogP) is 4.05. The molecule has 92 valence electrons. The van der Waals surface area contributed by atoms with E-state index in [1.165, 1.54) is 4.90 Å². The van der Waals surface area contributed by atoms with E-state index in [1.54, 1.807) is 23.9 Å². The minimum Gasteiger partial charge on any atom is -0.389 e. The summed E-state index contributed by atoms with van der Waals surface area (Å²) >= 11 is 1.77. The van der Waals surface area contributed by atoms with Crippen LogP contribution in [0, 0.1) is 0 Å². The lowest BCUT2D eigenvalue weighted by Gasteiger charge is -2.25. The zero-order valence-electron chi connectivity index (χ0n) is 10.1. The molecular weight excluding hydrogens is 228 g/mol. The monoisotopic (exact) mass is 248 g/mol. The Labute approximate surface area is 108 Å². The Balaban J connectivity index is 2.42. The highest BCUT2D eigenvalue weighted by atomic mass is 32.2. The number of hydrogen-bond acceptors (Lipinski definition) is 2. The molecular formula is C15H20OS. The summed E-state index contributed by atoms with van der Waals surface area (Å²) in [5, 5.41) is 10.3. The average molecular weight is 248 g/mol. The molecule has 0 amide bonds. The number of aliphatic hydroxyl groups is 1. The molecule has 1 aromatic carbocycles. The van der Waals surface area contributed by atoms with Crippen LogP contribution in [0.25, 0.3) is 0 Å². The van der Waals surface area contributed by atoms with Crippen LogP contribution in [0.5, 0.6) is 0 Å². The van der Waals surface area contributed by atoms with Gasteiger partial charge in [-0.05, 0) is 31.4 Å². The van der Waals surface area contributed by atoms with E-state index in [4.69, 9.17) is 0 Å². The van der Waals surface area contributed by atoms with Crippen molar-refractivity contribution in [1.82, 2.24) is 0 Å². The molecule has 1 N–H and O–H groups in total. The van der Waals surface area contributed by atoms with Crippen LogP contribution in [0.15, 0.2) is 60.5 Å². The van der Waals surface area contributed by atoms with Crippen molar-refractivity contribution in [2.75, 3.05) is 5.75 Å². The molecule has 0 atom stereocenters. The van der Waals surface area contributed by atoms with Crippen LogP contribution >= 0.6 is 11.8 Å². The lowest BCUT2D eigenvalue weighted by Crippen LogP contribution is -2.27. The summed E-state index contributed by atoms with van der Waals surface area (Å²) < 4.78 is 0. The van der Waals surface area contributed by atoms with Gasteiger partial charge in [0, 0.05) is 10.6 Å². The molecule has 0 aliphatic heterocycles. The first-order chi connectivity index (χ1) is 8.20. The fraction of sp³-hybridized carbons (Fsp3) is 0.333. The molecule has 0 heterocycles. The maximum Gasteiger partial charge on any atom is 0.0724 e. The highest BCUT2D eigenvalue weighted by Crippen LogP contribution is 2.26. The van der Waals surface area contributed by atoms with E-state index in [9.17, 15) is 5.11 Å². The van der Waals surface area contributed by atoms with Gasteiger partial charge in [-0.2, -0.15) is 0 Å². The Morgan fingerprint density at radius 3 is 2.24 bits per heavy atom. The summed E-state index contributed by atoms with van der Waals surface area (Å²) in [6.45, 7) is 7.39. The van der Waals surface area contributed by atoms with E-state index in [0.29, 0.717) is 12.8 Å². The number of thioether (sulfide) groups is 1. The predicted molar refractivity (Wildman–Crippen MR) is 76.4 cm³/mol. The Morgan fingerprint density at radius 1 is 1.12 bits per heavy atom. The molecule has 0 bridgehead atoms. The second-order valence-corrected chi connectivity index (χ2v) is 5.29. The van der Waals surface area contributed by atoms with Crippen LogP contribution in [0.1, 0.15) is 19.3 Å². The molecule has 1 rings (SSSR count). The van der Waals surface area contributed by atoms with Crippen molar-refractivity contribution >= 4 is 11.8 Å². The smallest absolute Gasteiger partial charge is 0.0724 e. The van der Waals surface area contributed by atoms with E-state index < -0.39 is 5.60 Å². The van der Waals surface area contributed by atoms with Gasteiger partial charge in [0.15, 0.2) is 0 Å². The van der Waals surface area contributed by atoms with Gasteiger partial charge < -0.3 is 5.11 Å². The molecule has 0 unspecified atom stereocenters. The number of benzene rings is 1. The van der Waals surface area contributed by atoms with Gasteiger partial charge in [-0.15, -0.1) is 24.9 Å². The van der Waals surface area contributed by atoms with Crippen molar-refractivity contribution in [3.8, 4) is 0 Å². The lowest BCUT2D eigenvalue weighted by atomic mass is 9.93. The lowest BCUT2D eigenvalue weighted by molar-refractivity contribution is 0.0437. The molecule has 0 saturated heterocycles. The van der Waals surface area contributed by atoms with Crippen LogP contribution in [0.4, 0.5) is 0 Å². The van der Waals surface area contributed by atoms with E-state index in [-0.39, 0.29) is 0 Å². The largest absolute Gasteiger partial charge is 0.389 e. The summed E-state index contributed by atoms with van der Waals surface area (Å²) in [7, 11) is 0. The van der Waals surface area contributed by atoms with Gasteiger partial charge >= 0.3 is 0 Å². The molecule has 0 aliphatic rings. The third-order valence-corrected chi connectivity index (χ3v) is 3.64. The van der Waals surface area contributed by atoms with Crippen molar-refractivity contribution in [3.63, 3.8) is 0 Å². The van der Waals surface area contributed by atoms with E-state index in [2.05, 4.69) is 25.3 Å². The van der Waals surface area contributed by atoms with Gasteiger partial charge in [-0.1, -0.05) is 30.4 Å². The van der Waals surface area contributed by atoms with Crippen LogP contribution in [0.3, 0.4) is 0 Å². The van der Waals surface area contributed by atoms with Crippen LogP contribution in [-0.4, -0.2) is 16.5 Å². The van der Waals surface area contributed by atoms with Gasteiger partial charge in [0.25, 0.3) is 0 Å². The molecule has 0 aromatic heterocycles. The van der Waals surface area contributed by atoms with Gasteiger partial charge in [-0.25, -0.2) is 0 Å². The minimum absolute atomic E-state index is 0.619. The quantitative estimate of drug-likeness (QED) is 0.553. The first-order valence-corrected chi connectivity index (χ1v) is 6.81. The van der Waals surface area contributed by atoms with Crippen molar-refractivity contribution < 1.29 is 5.11 Å². The topological polar surface area (TPSA) is 20.2 Å². The summed E-state index contributed by atoms with van der Waals surface area (Å²) in [5.41, 5.74) is -0.675. The van der Waals surface area contributed by atoms with Crippen LogP contribution < -0.4 is 0 Å². The van der Waals surface area contributed by atoms with Crippen molar-refractivity contribution in [2.24, 2.45) is 0 Å². The van der Waals surface area contributed by atoms with Gasteiger partial charge in [0.1, 0.15) is 0 Å². The molecule has 0 spiro atoms. The van der Waals surface area contributed by atoms with E-state index in [1.807, 2.05) is 18.2 Å². The normalized spacial score (nSPS) is 11.1. The maximum atomic E-state index is 10.3. The zero-order chi connectivity index (χ0) is 12.6. The maximum absolute atomic E-state index is 10.3. The number of hydrogen-bond donors (Lipinski definition) is 1. The van der Waals surface area contributed by atoms with Gasteiger partial charge in [-0.3, -0.25) is 0 Å². The molecule has 0 saturated carbocycles. The summed E-state index contributed by atoms with van der Waals surface area (Å²) in [6, 6.07) is 10.2. The SMILES string of the molecule is C=CCC(O)(CC=C)CCSc1ccccc1. The van der Waals surface area contributed by atoms with E-state index >= 15 is 0 Å².